The number of carboxylic acid groups (broad SMARTS) is 1. The standard InChI is InChI=1S/C17H19NO7S/c1-10(2)24-14-6-4-11(17(20)21)8-13(14)18-16(19)15-7-5-12(25-15)9-26(3,22)23/h4-8,10H,9H2,1-3H3,(H,18,19)(H,20,21). The van der Waals surface area contributed by atoms with Crippen molar-refractivity contribution in [1.29, 1.82) is 0 Å². The maximum absolute atomic E-state index is 12.4. The Hall–Kier alpha value is -2.81. The van der Waals surface area contributed by atoms with Crippen molar-refractivity contribution < 1.29 is 32.3 Å². The van der Waals surface area contributed by atoms with E-state index in [0.717, 1.165) is 6.26 Å². The van der Waals surface area contributed by atoms with E-state index in [1.54, 1.807) is 13.8 Å². The van der Waals surface area contributed by atoms with Gasteiger partial charge >= 0.3 is 5.97 Å². The van der Waals surface area contributed by atoms with E-state index in [1.165, 1.54) is 30.3 Å². The van der Waals surface area contributed by atoms with Crippen LogP contribution in [0.1, 0.15) is 40.5 Å². The van der Waals surface area contributed by atoms with Crippen LogP contribution >= 0.6 is 0 Å². The molecule has 0 unspecified atom stereocenters. The van der Waals surface area contributed by atoms with Crippen LogP contribution in [0.25, 0.3) is 0 Å². The summed E-state index contributed by atoms with van der Waals surface area (Å²) in [4.78, 5) is 23.5. The Bertz CT molecular complexity index is 928. The summed E-state index contributed by atoms with van der Waals surface area (Å²) in [6.07, 6.45) is 0.869. The third-order valence-corrected chi connectivity index (χ3v) is 3.94. The van der Waals surface area contributed by atoms with Crippen LogP contribution in [-0.4, -0.2) is 37.8 Å². The lowest BCUT2D eigenvalue weighted by Gasteiger charge is -2.15. The minimum absolute atomic E-state index is 0.0198. The van der Waals surface area contributed by atoms with Gasteiger partial charge in [-0.05, 0) is 44.2 Å². The third-order valence-electron chi connectivity index (χ3n) is 3.13. The largest absolute Gasteiger partial charge is 0.489 e. The van der Waals surface area contributed by atoms with Gasteiger partial charge in [0.05, 0.1) is 17.4 Å². The molecule has 2 N–H and O–H groups in total. The average Bonchev–Trinajstić information content (AvgIpc) is 2.94. The minimum atomic E-state index is -3.29. The molecule has 1 aromatic heterocycles. The Morgan fingerprint density at radius 2 is 1.92 bits per heavy atom. The number of carbonyl (C=O) groups is 2. The van der Waals surface area contributed by atoms with Crippen LogP contribution in [0.5, 0.6) is 5.75 Å². The second-order valence-corrected chi connectivity index (χ2v) is 8.11. The summed E-state index contributed by atoms with van der Waals surface area (Å²) in [5.41, 5.74) is 0.151. The van der Waals surface area contributed by atoms with Crippen molar-refractivity contribution in [2.75, 3.05) is 11.6 Å². The number of carbonyl (C=O) groups excluding carboxylic acids is 1. The Balaban J connectivity index is 2.27. The van der Waals surface area contributed by atoms with Crippen molar-refractivity contribution in [2.45, 2.75) is 25.7 Å². The molecule has 0 aliphatic rings. The summed E-state index contributed by atoms with van der Waals surface area (Å²) in [6.45, 7) is 3.58. The van der Waals surface area contributed by atoms with Gasteiger partial charge < -0.3 is 19.6 Å². The Kier molecular flexibility index (Phi) is 5.71. The van der Waals surface area contributed by atoms with E-state index in [1.807, 2.05) is 0 Å². The lowest BCUT2D eigenvalue weighted by Crippen LogP contribution is -2.15. The number of nitrogens with one attached hydrogen (secondary N) is 1. The van der Waals surface area contributed by atoms with Crippen LogP contribution in [0.2, 0.25) is 0 Å². The van der Waals surface area contributed by atoms with Gasteiger partial charge in [-0.2, -0.15) is 0 Å². The van der Waals surface area contributed by atoms with Gasteiger partial charge in [0.25, 0.3) is 5.91 Å². The van der Waals surface area contributed by atoms with E-state index in [0.29, 0.717) is 5.75 Å². The van der Waals surface area contributed by atoms with Gasteiger partial charge in [-0.15, -0.1) is 0 Å². The van der Waals surface area contributed by atoms with Gasteiger partial charge in [-0.3, -0.25) is 4.79 Å². The Morgan fingerprint density at radius 1 is 1.23 bits per heavy atom. The molecule has 140 valence electrons. The SMILES string of the molecule is CC(C)Oc1ccc(C(=O)O)cc1NC(=O)c1ccc(CS(C)(=O)=O)o1. The first-order chi connectivity index (χ1) is 12.0. The van der Waals surface area contributed by atoms with Crippen LogP contribution < -0.4 is 10.1 Å². The molecule has 0 atom stereocenters. The molecule has 9 heteroatoms. The zero-order valence-electron chi connectivity index (χ0n) is 14.5. The number of ether oxygens (including phenoxy) is 1. The highest BCUT2D eigenvalue weighted by Crippen LogP contribution is 2.28. The number of sulfone groups is 1. The number of carboxylic acids is 1. The fourth-order valence-corrected chi connectivity index (χ4v) is 2.81. The first-order valence-electron chi connectivity index (χ1n) is 7.67. The first kappa shape index (κ1) is 19.5. The lowest BCUT2D eigenvalue weighted by molar-refractivity contribution is 0.0696. The molecule has 1 heterocycles. The molecule has 2 aromatic rings. The maximum Gasteiger partial charge on any atom is 0.335 e. The van der Waals surface area contributed by atoms with Crippen molar-refractivity contribution in [2.24, 2.45) is 0 Å². The summed E-state index contributed by atoms with van der Waals surface area (Å²) in [7, 11) is -3.29. The predicted octanol–water partition coefficient (Wildman–Crippen LogP) is 2.56. The van der Waals surface area contributed by atoms with E-state index in [9.17, 15) is 18.0 Å². The number of hydrogen-bond acceptors (Lipinski definition) is 6. The number of amides is 1. The molecule has 8 nitrogen and oxygen atoms in total. The lowest BCUT2D eigenvalue weighted by atomic mass is 10.2. The molecule has 0 saturated carbocycles. The van der Waals surface area contributed by atoms with Crippen LogP contribution in [0.15, 0.2) is 34.7 Å². The Morgan fingerprint density at radius 3 is 2.50 bits per heavy atom. The molecule has 0 radical (unpaired) electrons. The number of aromatic carboxylic acids is 1. The second kappa shape index (κ2) is 7.61. The third kappa shape index (κ3) is 5.35. The van der Waals surface area contributed by atoms with Gasteiger partial charge in [-0.1, -0.05) is 0 Å². The predicted molar refractivity (Wildman–Crippen MR) is 94.4 cm³/mol. The number of benzene rings is 1. The van der Waals surface area contributed by atoms with Crippen LogP contribution in [0.3, 0.4) is 0 Å². The van der Waals surface area contributed by atoms with Crippen molar-refractivity contribution in [3.05, 3.63) is 47.4 Å². The molecule has 0 aliphatic heterocycles. The summed E-state index contributed by atoms with van der Waals surface area (Å²) in [5, 5.41) is 11.6. The Labute approximate surface area is 150 Å². The van der Waals surface area contributed by atoms with Crippen molar-refractivity contribution in [1.82, 2.24) is 0 Å². The summed E-state index contributed by atoms with van der Waals surface area (Å²) >= 11 is 0. The van der Waals surface area contributed by atoms with Crippen molar-refractivity contribution in [3.8, 4) is 5.75 Å². The molecule has 2 rings (SSSR count). The van der Waals surface area contributed by atoms with E-state index in [2.05, 4.69) is 5.32 Å². The van der Waals surface area contributed by atoms with Crippen LogP contribution in [0.4, 0.5) is 5.69 Å². The van der Waals surface area contributed by atoms with Crippen molar-refractivity contribution >= 4 is 27.4 Å². The molecule has 0 aliphatic carbocycles. The fourth-order valence-electron chi connectivity index (χ4n) is 2.14. The van der Waals surface area contributed by atoms with E-state index in [-0.39, 0.29) is 34.6 Å². The number of hydrogen-bond donors (Lipinski definition) is 2. The molecule has 1 amide bonds. The highest BCUT2D eigenvalue weighted by Gasteiger charge is 2.18. The normalized spacial score (nSPS) is 11.4. The number of anilines is 1. The number of furan rings is 1. The topological polar surface area (TPSA) is 123 Å². The molecule has 26 heavy (non-hydrogen) atoms. The molecule has 0 fully saturated rings. The second-order valence-electron chi connectivity index (χ2n) is 5.97. The zero-order valence-corrected chi connectivity index (χ0v) is 15.3. The zero-order chi connectivity index (χ0) is 19.5. The quantitative estimate of drug-likeness (QED) is 0.755. The van der Waals surface area contributed by atoms with Gasteiger partial charge in [0.15, 0.2) is 15.6 Å². The van der Waals surface area contributed by atoms with E-state index >= 15 is 0 Å². The fraction of sp³-hybridized carbons (Fsp3) is 0.294. The smallest absolute Gasteiger partial charge is 0.335 e. The summed E-state index contributed by atoms with van der Waals surface area (Å²) < 4.78 is 33.4. The van der Waals surface area contributed by atoms with Crippen LogP contribution in [-0.2, 0) is 15.6 Å². The van der Waals surface area contributed by atoms with E-state index in [4.69, 9.17) is 14.3 Å². The van der Waals surface area contributed by atoms with Crippen molar-refractivity contribution in [3.63, 3.8) is 0 Å². The van der Waals surface area contributed by atoms with Gasteiger partial charge in [0, 0.05) is 6.26 Å². The monoisotopic (exact) mass is 381 g/mol. The van der Waals surface area contributed by atoms with Crippen LogP contribution in [0, 0.1) is 0 Å². The maximum atomic E-state index is 12.4. The summed E-state index contributed by atoms with van der Waals surface area (Å²) in [5.74, 6) is -1.78. The number of rotatable bonds is 7. The molecule has 1 aromatic carbocycles. The van der Waals surface area contributed by atoms with E-state index < -0.39 is 21.7 Å². The first-order valence-corrected chi connectivity index (χ1v) is 9.73. The molecule has 0 bridgehead atoms. The molecule has 0 spiro atoms. The molecule has 0 saturated heterocycles. The highest BCUT2D eigenvalue weighted by molar-refractivity contribution is 7.89. The minimum Gasteiger partial charge on any atom is -0.489 e. The highest BCUT2D eigenvalue weighted by atomic mass is 32.2. The van der Waals surface area contributed by atoms with Gasteiger partial charge in [0.2, 0.25) is 0 Å². The summed E-state index contributed by atoms with van der Waals surface area (Å²) in [6, 6.07) is 6.84. The van der Waals surface area contributed by atoms with Gasteiger partial charge in [-0.25, -0.2) is 13.2 Å². The van der Waals surface area contributed by atoms with Gasteiger partial charge in [0.1, 0.15) is 17.3 Å². The molecular formula is C17H19NO7S. The average molecular weight is 381 g/mol. The molecular weight excluding hydrogens is 362 g/mol.